The highest BCUT2D eigenvalue weighted by Gasteiger charge is 2.12. The normalized spacial score (nSPS) is 14.2. The molecule has 1 fully saturated rings. The number of carbonyl (C=O) groups excluding carboxylic acids is 1. The van der Waals surface area contributed by atoms with Gasteiger partial charge < -0.3 is 43.2 Å². The van der Waals surface area contributed by atoms with Crippen molar-refractivity contribution in [2.45, 2.75) is 18.9 Å². The molecule has 10 heteroatoms. The molecule has 1 aromatic rings. The molecule has 1 saturated heterocycles. The standard InChI is InChI=1S/C26H43NO9/c28-26(24-4-2-1-3-5-24)36-23-21-34-19-17-32-15-13-30-11-10-29-12-14-31-16-18-33-20-22-35-25-6-8-27-9-7-25/h1-5,25,27H,6-23H2. The second-order valence-electron chi connectivity index (χ2n) is 8.00. The molecule has 1 heterocycles. The number of hydrogen-bond donors (Lipinski definition) is 1. The first-order valence-electron chi connectivity index (χ1n) is 12.9. The third kappa shape index (κ3) is 16.9. The zero-order chi connectivity index (χ0) is 25.4. The minimum absolute atomic E-state index is 0.212. The van der Waals surface area contributed by atoms with Gasteiger partial charge in [0, 0.05) is 0 Å². The fourth-order valence-electron chi connectivity index (χ4n) is 3.29. The summed E-state index contributed by atoms with van der Waals surface area (Å²) in [6.07, 6.45) is 2.53. The molecule has 0 saturated carbocycles. The van der Waals surface area contributed by atoms with Crippen molar-refractivity contribution >= 4 is 5.97 Å². The van der Waals surface area contributed by atoms with Gasteiger partial charge in [0.2, 0.25) is 0 Å². The van der Waals surface area contributed by atoms with E-state index in [1.807, 2.05) is 6.07 Å². The SMILES string of the molecule is O=C(OCCOCCOCCOCCOCCOCCOCCOC1CCNCC1)c1ccccc1. The van der Waals surface area contributed by atoms with Crippen molar-refractivity contribution in [2.24, 2.45) is 0 Å². The lowest BCUT2D eigenvalue weighted by Gasteiger charge is -2.22. The predicted molar refractivity (Wildman–Crippen MR) is 133 cm³/mol. The van der Waals surface area contributed by atoms with Crippen LogP contribution in [0.5, 0.6) is 0 Å². The average Bonchev–Trinajstić information content (AvgIpc) is 2.92. The van der Waals surface area contributed by atoms with Crippen molar-refractivity contribution in [1.82, 2.24) is 5.32 Å². The third-order valence-electron chi connectivity index (χ3n) is 5.20. The van der Waals surface area contributed by atoms with Crippen LogP contribution < -0.4 is 5.32 Å². The second-order valence-corrected chi connectivity index (χ2v) is 8.00. The number of piperidine rings is 1. The van der Waals surface area contributed by atoms with E-state index in [2.05, 4.69) is 5.32 Å². The molecule has 0 atom stereocenters. The zero-order valence-corrected chi connectivity index (χ0v) is 21.4. The summed E-state index contributed by atoms with van der Waals surface area (Å²) in [6, 6.07) is 8.87. The third-order valence-corrected chi connectivity index (χ3v) is 5.20. The van der Waals surface area contributed by atoms with E-state index in [0.717, 1.165) is 25.9 Å². The number of benzene rings is 1. The smallest absolute Gasteiger partial charge is 0.338 e. The maximum absolute atomic E-state index is 11.7. The quantitative estimate of drug-likeness (QED) is 0.172. The molecule has 0 radical (unpaired) electrons. The number of nitrogens with one attached hydrogen (secondary N) is 1. The largest absolute Gasteiger partial charge is 0.460 e. The van der Waals surface area contributed by atoms with Gasteiger partial charge in [0.25, 0.3) is 0 Å². The predicted octanol–water partition coefficient (Wildman–Crippen LogP) is 1.71. The van der Waals surface area contributed by atoms with Crippen molar-refractivity contribution in [3.63, 3.8) is 0 Å². The number of hydrogen-bond acceptors (Lipinski definition) is 10. The molecule has 2 rings (SSSR count). The molecule has 0 aromatic heterocycles. The van der Waals surface area contributed by atoms with Crippen LogP contribution >= 0.6 is 0 Å². The minimum atomic E-state index is -0.349. The highest BCUT2D eigenvalue weighted by molar-refractivity contribution is 5.89. The van der Waals surface area contributed by atoms with Crippen LogP contribution in [0.15, 0.2) is 30.3 Å². The number of rotatable bonds is 23. The molecule has 1 aromatic carbocycles. The second kappa shape index (κ2) is 22.6. The molecule has 1 aliphatic rings. The summed E-state index contributed by atoms with van der Waals surface area (Å²) in [7, 11) is 0. The Morgan fingerprint density at radius 2 is 1.03 bits per heavy atom. The summed E-state index contributed by atoms with van der Waals surface area (Å²) in [5.74, 6) is -0.349. The monoisotopic (exact) mass is 513 g/mol. The fraction of sp³-hybridized carbons (Fsp3) is 0.731. The van der Waals surface area contributed by atoms with E-state index < -0.39 is 0 Å². The Morgan fingerprint density at radius 1 is 0.611 bits per heavy atom. The molecule has 1 aliphatic heterocycles. The Balaban J connectivity index is 1.19. The Bertz CT molecular complexity index is 629. The summed E-state index contributed by atoms with van der Waals surface area (Å²) in [5, 5.41) is 3.32. The number of esters is 1. The molecular weight excluding hydrogens is 470 g/mol. The Morgan fingerprint density at radius 3 is 1.50 bits per heavy atom. The molecular formula is C26H43NO9. The molecule has 0 aliphatic carbocycles. The van der Waals surface area contributed by atoms with E-state index in [1.54, 1.807) is 24.3 Å². The lowest BCUT2D eigenvalue weighted by Crippen LogP contribution is -2.33. The number of carbonyl (C=O) groups is 1. The molecule has 0 bridgehead atoms. The summed E-state index contributed by atoms with van der Waals surface area (Å²) in [5.41, 5.74) is 0.533. The van der Waals surface area contributed by atoms with E-state index in [9.17, 15) is 4.79 Å². The van der Waals surface area contributed by atoms with Crippen LogP contribution in [0.1, 0.15) is 23.2 Å². The maximum atomic E-state index is 11.7. The molecule has 0 amide bonds. The van der Waals surface area contributed by atoms with Gasteiger partial charge in [0.1, 0.15) is 6.61 Å². The van der Waals surface area contributed by atoms with E-state index in [4.69, 9.17) is 37.9 Å². The number of ether oxygens (including phenoxy) is 8. The van der Waals surface area contributed by atoms with Gasteiger partial charge in [-0.05, 0) is 38.1 Å². The molecule has 10 nitrogen and oxygen atoms in total. The highest BCUT2D eigenvalue weighted by atomic mass is 16.6. The topological polar surface area (TPSA) is 103 Å². The van der Waals surface area contributed by atoms with Gasteiger partial charge in [0.05, 0.1) is 97.6 Å². The Kier molecular flexibility index (Phi) is 19.2. The summed E-state index contributed by atoms with van der Waals surface area (Å²) >= 11 is 0. The maximum Gasteiger partial charge on any atom is 0.338 e. The van der Waals surface area contributed by atoms with E-state index in [1.165, 1.54) is 0 Å². The minimum Gasteiger partial charge on any atom is -0.460 e. The van der Waals surface area contributed by atoms with Gasteiger partial charge in [0.15, 0.2) is 0 Å². The van der Waals surface area contributed by atoms with Gasteiger partial charge in [-0.1, -0.05) is 18.2 Å². The molecule has 206 valence electrons. The van der Waals surface area contributed by atoms with Crippen molar-refractivity contribution in [1.29, 1.82) is 0 Å². The van der Waals surface area contributed by atoms with Crippen LogP contribution in [0.25, 0.3) is 0 Å². The first kappa shape index (κ1) is 30.6. The van der Waals surface area contributed by atoms with Gasteiger partial charge in [-0.2, -0.15) is 0 Å². The zero-order valence-electron chi connectivity index (χ0n) is 21.4. The van der Waals surface area contributed by atoms with Gasteiger partial charge in [-0.3, -0.25) is 0 Å². The first-order valence-corrected chi connectivity index (χ1v) is 12.9. The molecule has 0 spiro atoms. The van der Waals surface area contributed by atoms with Crippen LogP contribution in [-0.4, -0.2) is 118 Å². The van der Waals surface area contributed by atoms with Crippen molar-refractivity contribution in [3.8, 4) is 0 Å². The fourth-order valence-corrected chi connectivity index (χ4v) is 3.29. The lowest BCUT2D eigenvalue weighted by molar-refractivity contribution is -0.0311. The lowest BCUT2D eigenvalue weighted by atomic mass is 10.1. The average molecular weight is 514 g/mol. The van der Waals surface area contributed by atoms with Gasteiger partial charge in [-0.15, -0.1) is 0 Å². The summed E-state index contributed by atoms with van der Waals surface area (Å²) in [6.45, 7) is 8.92. The Hall–Kier alpha value is -1.63. The van der Waals surface area contributed by atoms with E-state index in [-0.39, 0.29) is 12.6 Å². The summed E-state index contributed by atoms with van der Waals surface area (Å²) < 4.78 is 43.6. The highest BCUT2D eigenvalue weighted by Crippen LogP contribution is 2.06. The molecule has 0 unspecified atom stereocenters. The van der Waals surface area contributed by atoms with Crippen LogP contribution in [0.4, 0.5) is 0 Å². The van der Waals surface area contributed by atoms with Crippen LogP contribution in [-0.2, 0) is 37.9 Å². The molecule has 1 N–H and O–H groups in total. The van der Waals surface area contributed by atoms with Crippen molar-refractivity contribution in [3.05, 3.63) is 35.9 Å². The van der Waals surface area contributed by atoms with E-state index >= 15 is 0 Å². The van der Waals surface area contributed by atoms with Crippen LogP contribution in [0.2, 0.25) is 0 Å². The van der Waals surface area contributed by atoms with Gasteiger partial charge in [-0.25, -0.2) is 4.79 Å². The summed E-state index contributed by atoms with van der Waals surface area (Å²) in [4.78, 5) is 11.7. The van der Waals surface area contributed by atoms with E-state index in [0.29, 0.717) is 97.6 Å². The molecule has 36 heavy (non-hydrogen) atoms. The first-order chi connectivity index (χ1) is 17.9. The van der Waals surface area contributed by atoms with Crippen molar-refractivity contribution < 1.29 is 42.7 Å². The Labute approximate surface area is 214 Å². The van der Waals surface area contributed by atoms with Crippen molar-refractivity contribution in [2.75, 3.05) is 106 Å². The van der Waals surface area contributed by atoms with Crippen LogP contribution in [0.3, 0.4) is 0 Å². The van der Waals surface area contributed by atoms with Gasteiger partial charge >= 0.3 is 5.97 Å². The van der Waals surface area contributed by atoms with Crippen LogP contribution in [0, 0.1) is 0 Å².